The van der Waals surface area contributed by atoms with Gasteiger partial charge < -0.3 is 10.6 Å². The van der Waals surface area contributed by atoms with E-state index in [9.17, 15) is 8.78 Å². The van der Waals surface area contributed by atoms with Crippen LogP contribution in [0.3, 0.4) is 0 Å². The molecule has 86 valence electrons. The first-order chi connectivity index (χ1) is 7.05. The minimum Gasteiger partial charge on any atom is -0.370 e. The summed E-state index contributed by atoms with van der Waals surface area (Å²) >= 11 is 0. The second kappa shape index (κ2) is 3.61. The van der Waals surface area contributed by atoms with Crippen LogP contribution >= 0.6 is 0 Å². The Balaban J connectivity index is 1.87. The summed E-state index contributed by atoms with van der Waals surface area (Å²) in [6.07, 6.45) is 1.16. The summed E-state index contributed by atoms with van der Waals surface area (Å²) in [4.78, 5) is 5.97. The van der Waals surface area contributed by atoms with E-state index in [4.69, 9.17) is 5.73 Å². The Morgan fingerprint density at radius 1 is 1.53 bits per heavy atom. The van der Waals surface area contributed by atoms with Crippen molar-refractivity contribution in [2.75, 3.05) is 13.6 Å². The van der Waals surface area contributed by atoms with Crippen molar-refractivity contribution in [1.29, 1.82) is 0 Å². The molecular weight excluding hydrogens is 200 g/mol. The zero-order valence-corrected chi connectivity index (χ0v) is 8.92. The summed E-state index contributed by atoms with van der Waals surface area (Å²) in [5.74, 6) is 0.407. The maximum Gasteiger partial charge on any atom is 0.245 e. The number of aliphatic imine (C=N–C) groups is 1. The van der Waals surface area contributed by atoms with Crippen LogP contribution in [0.25, 0.3) is 0 Å². The molecule has 0 spiro atoms. The molecule has 0 aromatic rings. The Bertz CT molecular complexity index is 270. The predicted octanol–water partition coefficient (Wildman–Crippen LogP) is 1.44. The van der Waals surface area contributed by atoms with Crippen molar-refractivity contribution >= 4 is 5.96 Å². The molecule has 0 aromatic heterocycles. The molecule has 3 nitrogen and oxygen atoms in total. The van der Waals surface area contributed by atoms with Crippen LogP contribution < -0.4 is 5.73 Å². The number of alkyl halides is 2. The fraction of sp³-hybridized carbons (Fsp3) is 0.900. The van der Waals surface area contributed by atoms with Crippen molar-refractivity contribution in [2.45, 2.75) is 38.2 Å². The van der Waals surface area contributed by atoms with Crippen LogP contribution in [0, 0.1) is 5.41 Å². The van der Waals surface area contributed by atoms with Gasteiger partial charge in [-0.1, -0.05) is 0 Å². The minimum atomic E-state index is -2.26. The van der Waals surface area contributed by atoms with E-state index in [2.05, 4.69) is 4.99 Å². The van der Waals surface area contributed by atoms with Crippen molar-refractivity contribution in [3.63, 3.8) is 0 Å². The van der Waals surface area contributed by atoms with Gasteiger partial charge in [0.15, 0.2) is 5.96 Å². The topological polar surface area (TPSA) is 41.6 Å². The molecule has 0 aliphatic heterocycles. The lowest BCUT2D eigenvalue weighted by molar-refractivity contribution is 0.0666. The van der Waals surface area contributed by atoms with E-state index < -0.39 is 11.8 Å². The summed E-state index contributed by atoms with van der Waals surface area (Å²) in [6.45, 7) is 0.174. The fourth-order valence-corrected chi connectivity index (χ4v) is 1.60. The predicted molar refractivity (Wildman–Crippen MR) is 54.9 cm³/mol. The number of hydrogen-bond donors (Lipinski definition) is 1. The molecule has 0 aromatic carbocycles. The third kappa shape index (κ3) is 2.21. The summed E-state index contributed by atoms with van der Waals surface area (Å²) in [5.41, 5.74) is 4.87. The van der Waals surface area contributed by atoms with Gasteiger partial charge in [-0.2, -0.15) is 0 Å². The largest absolute Gasteiger partial charge is 0.370 e. The number of halogens is 2. The molecule has 0 radical (unpaired) electrons. The lowest BCUT2D eigenvalue weighted by atomic mass is 10.1. The SMILES string of the molecule is CN(C(N)=NCC1(C(F)F)CC1)C1CC1. The van der Waals surface area contributed by atoms with Crippen LogP contribution in [0.1, 0.15) is 25.7 Å². The number of nitrogens with two attached hydrogens (primary N) is 1. The second-order valence-corrected chi connectivity index (χ2v) is 4.68. The van der Waals surface area contributed by atoms with Gasteiger partial charge in [0.1, 0.15) is 0 Å². The van der Waals surface area contributed by atoms with Gasteiger partial charge in [0.25, 0.3) is 0 Å². The minimum absolute atomic E-state index is 0.174. The summed E-state index contributed by atoms with van der Waals surface area (Å²) in [7, 11) is 1.87. The molecule has 2 N–H and O–H groups in total. The maximum absolute atomic E-state index is 12.6. The van der Waals surface area contributed by atoms with E-state index in [1.165, 1.54) is 0 Å². The monoisotopic (exact) mass is 217 g/mol. The molecule has 0 unspecified atom stereocenters. The van der Waals surface area contributed by atoms with Crippen LogP contribution in [0.4, 0.5) is 8.78 Å². The maximum atomic E-state index is 12.6. The van der Waals surface area contributed by atoms with Gasteiger partial charge in [-0.3, -0.25) is 4.99 Å². The first-order valence-corrected chi connectivity index (χ1v) is 5.36. The highest BCUT2D eigenvalue weighted by molar-refractivity contribution is 5.78. The second-order valence-electron chi connectivity index (χ2n) is 4.68. The van der Waals surface area contributed by atoms with E-state index in [0.717, 1.165) is 12.8 Å². The van der Waals surface area contributed by atoms with Crippen molar-refractivity contribution < 1.29 is 8.78 Å². The molecule has 15 heavy (non-hydrogen) atoms. The third-order valence-corrected chi connectivity index (χ3v) is 3.37. The van der Waals surface area contributed by atoms with E-state index in [-0.39, 0.29) is 6.54 Å². The number of nitrogens with zero attached hydrogens (tertiary/aromatic N) is 2. The molecule has 2 aliphatic carbocycles. The number of hydrogen-bond acceptors (Lipinski definition) is 1. The average Bonchev–Trinajstić information content (AvgIpc) is 3.02. The van der Waals surface area contributed by atoms with Crippen LogP contribution in [0.2, 0.25) is 0 Å². The standard InChI is InChI=1S/C10H17F2N3/c1-15(7-2-3-7)9(13)14-6-10(4-5-10)8(11)12/h7-8H,2-6H2,1H3,(H2,13,14). The lowest BCUT2D eigenvalue weighted by Gasteiger charge is -2.18. The van der Waals surface area contributed by atoms with Crippen LogP contribution in [-0.2, 0) is 0 Å². The molecule has 0 saturated heterocycles. The highest BCUT2D eigenvalue weighted by atomic mass is 19.3. The van der Waals surface area contributed by atoms with Crippen LogP contribution in [0.5, 0.6) is 0 Å². The Labute approximate surface area is 88.3 Å². The van der Waals surface area contributed by atoms with E-state index in [1.54, 1.807) is 0 Å². The van der Waals surface area contributed by atoms with Crippen molar-refractivity contribution in [2.24, 2.45) is 16.1 Å². The van der Waals surface area contributed by atoms with Crippen LogP contribution in [0.15, 0.2) is 4.99 Å². The third-order valence-electron chi connectivity index (χ3n) is 3.37. The van der Waals surface area contributed by atoms with Crippen molar-refractivity contribution in [1.82, 2.24) is 4.90 Å². The molecule has 5 heteroatoms. The van der Waals surface area contributed by atoms with E-state index >= 15 is 0 Å². The molecule has 0 atom stereocenters. The van der Waals surface area contributed by atoms with Gasteiger partial charge in [0, 0.05) is 13.1 Å². The highest BCUT2D eigenvalue weighted by Crippen LogP contribution is 2.50. The van der Waals surface area contributed by atoms with E-state index in [0.29, 0.717) is 24.8 Å². The molecule has 0 bridgehead atoms. The normalized spacial score (nSPS) is 24.4. The molecule has 2 fully saturated rings. The highest BCUT2D eigenvalue weighted by Gasteiger charge is 2.51. The summed E-state index contributed by atoms with van der Waals surface area (Å²) < 4.78 is 25.1. The average molecular weight is 217 g/mol. The van der Waals surface area contributed by atoms with E-state index in [1.807, 2.05) is 11.9 Å². The Morgan fingerprint density at radius 2 is 2.13 bits per heavy atom. The van der Waals surface area contributed by atoms with Gasteiger partial charge in [-0.05, 0) is 25.7 Å². The zero-order chi connectivity index (χ0) is 11.1. The first kappa shape index (κ1) is 10.6. The summed E-state index contributed by atoms with van der Waals surface area (Å²) in [5, 5.41) is 0. The lowest BCUT2D eigenvalue weighted by Crippen LogP contribution is -2.36. The van der Waals surface area contributed by atoms with Gasteiger partial charge in [0.05, 0.1) is 12.0 Å². The van der Waals surface area contributed by atoms with Crippen molar-refractivity contribution in [3.8, 4) is 0 Å². The smallest absolute Gasteiger partial charge is 0.245 e. The molecular formula is C10H17F2N3. The van der Waals surface area contributed by atoms with Gasteiger partial charge >= 0.3 is 0 Å². The quantitative estimate of drug-likeness (QED) is 0.572. The molecule has 2 aliphatic rings. The first-order valence-electron chi connectivity index (χ1n) is 5.36. The van der Waals surface area contributed by atoms with Crippen molar-refractivity contribution in [3.05, 3.63) is 0 Å². The fourth-order valence-electron chi connectivity index (χ4n) is 1.60. The molecule has 2 rings (SSSR count). The van der Waals surface area contributed by atoms with Gasteiger partial charge in [-0.25, -0.2) is 8.78 Å². The molecule has 0 amide bonds. The van der Waals surface area contributed by atoms with Gasteiger partial charge in [-0.15, -0.1) is 0 Å². The Kier molecular flexibility index (Phi) is 2.56. The Morgan fingerprint density at radius 3 is 2.53 bits per heavy atom. The summed E-state index contributed by atoms with van der Waals surface area (Å²) in [6, 6.07) is 0.482. The van der Waals surface area contributed by atoms with Gasteiger partial charge in [0.2, 0.25) is 6.43 Å². The molecule has 0 heterocycles. The number of guanidine groups is 1. The number of rotatable bonds is 4. The Hall–Kier alpha value is -0.870. The van der Waals surface area contributed by atoms with Crippen LogP contribution in [-0.4, -0.2) is 36.9 Å². The molecule has 2 saturated carbocycles. The zero-order valence-electron chi connectivity index (χ0n) is 8.92.